The van der Waals surface area contributed by atoms with Crippen LogP contribution in [-0.2, 0) is 0 Å². The van der Waals surface area contributed by atoms with E-state index in [1.54, 1.807) is 0 Å². The Balaban J connectivity index is 2.33. The third kappa shape index (κ3) is 5.99. The summed E-state index contributed by atoms with van der Waals surface area (Å²) in [6.07, 6.45) is 2.26. The van der Waals surface area contributed by atoms with Crippen LogP contribution in [0, 0.1) is 0 Å². The number of nitrogens with zero attached hydrogens (tertiary/aromatic N) is 1. The number of rotatable bonds is 9. The van der Waals surface area contributed by atoms with Gasteiger partial charge in [-0.2, -0.15) is 0 Å². The third-order valence-corrected chi connectivity index (χ3v) is 3.28. The molecule has 1 aromatic rings. The molecular weight excluding hydrogens is 238 g/mol. The quantitative estimate of drug-likeness (QED) is 0.696. The van der Waals surface area contributed by atoms with Crippen molar-refractivity contribution in [1.29, 1.82) is 0 Å². The molecule has 106 valence electrons. The lowest BCUT2D eigenvalue weighted by atomic mass is 10.1. The first-order chi connectivity index (χ1) is 9.15. The largest absolute Gasteiger partial charge is 0.396 e. The highest BCUT2D eigenvalue weighted by Crippen LogP contribution is 2.07. The number of hydrogen-bond donors (Lipinski definition) is 1. The first-order valence-electron chi connectivity index (χ1n) is 7.08. The molecule has 0 unspecified atom stereocenters. The van der Waals surface area contributed by atoms with E-state index in [0.717, 1.165) is 31.5 Å². The van der Waals surface area contributed by atoms with E-state index in [2.05, 4.69) is 18.7 Å². The van der Waals surface area contributed by atoms with Gasteiger partial charge in [0.1, 0.15) is 0 Å². The van der Waals surface area contributed by atoms with Crippen molar-refractivity contribution in [2.75, 3.05) is 19.7 Å². The fourth-order valence-corrected chi connectivity index (χ4v) is 2.11. The van der Waals surface area contributed by atoms with Gasteiger partial charge in [0.25, 0.3) is 0 Å². The normalized spacial score (nSPS) is 11.2. The van der Waals surface area contributed by atoms with E-state index in [1.165, 1.54) is 0 Å². The Morgan fingerprint density at radius 1 is 1.16 bits per heavy atom. The van der Waals surface area contributed by atoms with Crippen molar-refractivity contribution in [3.05, 3.63) is 35.9 Å². The van der Waals surface area contributed by atoms with Crippen LogP contribution in [0.2, 0.25) is 0 Å². The zero-order valence-electron chi connectivity index (χ0n) is 12.0. The highest BCUT2D eigenvalue weighted by molar-refractivity contribution is 5.95. The van der Waals surface area contributed by atoms with Crippen molar-refractivity contribution < 1.29 is 9.90 Å². The maximum atomic E-state index is 12.0. The van der Waals surface area contributed by atoms with Gasteiger partial charge in [-0.25, -0.2) is 0 Å². The van der Waals surface area contributed by atoms with Gasteiger partial charge in [-0.05, 0) is 33.2 Å². The average Bonchev–Trinajstić information content (AvgIpc) is 2.43. The number of aliphatic hydroxyl groups is 1. The van der Waals surface area contributed by atoms with Gasteiger partial charge < -0.3 is 10.0 Å². The predicted molar refractivity (Wildman–Crippen MR) is 78.4 cm³/mol. The van der Waals surface area contributed by atoms with E-state index in [1.807, 2.05) is 30.3 Å². The Bertz CT molecular complexity index is 362. The first-order valence-corrected chi connectivity index (χ1v) is 7.08. The number of carbonyl (C=O) groups is 1. The molecule has 0 spiro atoms. The lowest BCUT2D eigenvalue weighted by Crippen LogP contribution is -2.33. The van der Waals surface area contributed by atoms with Crippen LogP contribution in [0.3, 0.4) is 0 Å². The predicted octanol–water partition coefficient (Wildman–Crippen LogP) is 2.74. The standard InChI is InChI=1S/C16H25NO2/c1-14(2)17(12-7-13-18)11-6-10-16(19)15-8-4-3-5-9-15/h3-5,8-9,14,18H,6-7,10-13H2,1-2H3. The molecule has 1 aromatic carbocycles. The molecule has 0 atom stereocenters. The van der Waals surface area contributed by atoms with Crippen LogP contribution in [0.25, 0.3) is 0 Å². The molecule has 0 bridgehead atoms. The van der Waals surface area contributed by atoms with Crippen LogP contribution in [0.15, 0.2) is 30.3 Å². The van der Waals surface area contributed by atoms with E-state index in [9.17, 15) is 4.79 Å². The van der Waals surface area contributed by atoms with Crippen molar-refractivity contribution in [3.63, 3.8) is 0 Å². The van der Waals surface area contributed by atoms with E-state index in [4.69, 9.17) is 5.11 Å². The number of hydrogen-bond acceptors (Lipinski definition) is 3. The van der Waals surface area contributed by atoms with Crippen molar-refractivity contribution in [1.82, 2.24) is 4.90 Å². The third-order valence-electron chi connectivity index (χ3n) is 3.28. The van der Waals surface area contributed by atoms with Crippen LogP contribution < -0.4 is 0 Å². The molecule has 0 radical (unpaired) electrons. The Kier molecular flexibility index (Phi) is 7.38. The first kappa shape index (κ1) is 15.9. The number of Topliss-reactive ketones (excluding diaryl/α,β-unsaturated/α-hetero) is 1. The second-order valence-corrected chi connectivity index (χ2v) is 5.10. The molecule has 0 saturated carbocycles. The van der Waals surface area contributed by atoms with Crippen molar-refractivity contribution in [2.45, 2.75) is 39.2 Å². The molecule has 1 rings (SSSR count). The zero-order chi connectivity index (χ0) is 14.1. The molecule has 0 amide bonds. The molecule has 0 heterocycles. The van der Waals surface area contributed by atoms with E-state index in [0.29, 0.717) is 12.5 Å². The number of carbonyl (C=O) groups excluding carboxylic acids is 1. The topological polar surface area (TPSA) is 40.5 Å². The second kappa shape index (κ2) is 8.83. The molecule has 0 saturated heterocycles. The van der Waals surface area contributed by atoms with Crippen molar-refractivity contribution >= 4 is 5.78 Å². The highest BCUT2D eigenvalue weighted by atomic mass is 16.3. The van der Waals surface area contributed by atoms with E-state index in [-0.39, 0.29) is 12.4 Å². The number of ketones is 1. The summed E-state index contributed by atoms with van der Waals surface area (Å²) in [5.41, 5.74) is 0.800. The minimum absolute atomic E-state index is 0.214. The van der Waals surface area contributed by atoms with Gasteiger partial charge in [-0.15, -0.1) is 0 Å². The highest BCUT2D eigenvalue weighted by Gasteiger charge is 2.10. The van der Waals surface area contributed by atoms with Gasteiger partial charge in [0.15, 0.2) is 5.78 Å². The summed E-state index contributed by atoms with van der Waals surface area (Å²) in [5.74, 6) is 0.214. The molecule has 3 nitrogen and oxygen atoms in total. The minimum Gasteiger partial charge on any atom is -0.396 e. The van der Waals surface area contributed by atoms with Gasteiger partial charge in [0.05, 0.1) is 0 Å². The summed E-state index contributed by atoms with van der Waals surface area (Å²) < 4.78 is 0. The molecule has 0 aliphatic carbocycles. The summed E-state index contributed by atoms with van der Waals surface area (Å²) in [4.78, 5) is 14.3. The second-order valence-electron chi connectivity index (χ2n) is 5.10. The van der Waals surface area contributed by atoms with Crippen LogP contribution in [-0.4, -0.2) is 41.5 Å². The lowest BCUT2D eigenvalue weighted by molar-refractivity contribution is 0.0970. The lowest BCUT2D eigenvalue weighted by Gasteiger charge is -2.25. The van der Waals surface area contributed by atoms with Crippen LogP contribution in [0.5, 0.6) is 0 Å². The van der Waals surface area contributed by atoms with Crippen LogP contribution >= 0.6 is 0 Å². The Morgan fingerprint density at radius 2 is 1.79 bits per heavy atom. The van der Waals surface area contributed by atoms with E-state index < -0.39 is 0 Å². The van der Waals surface area contributed by atoms with E-state index >= 15 is 0 Å². The molecule has 0 aliphatic heterocycles. The van der Waals surface area contributed by atoms with Gasteiger partial charge in [-0.3, -0.25) is 4.79 Å². The SMILES string of the molecule is CC(C)N(CCCO)CCCC(=O)c1ccccc1. The van der Waals surface area contributed by atoms with Gasteiger partial charge in [0.2, 0.25) is 0 Å². The molecule has 0 aromatic heterocycles. The van der Waals surface area contributed by atoms with Gasteiger partial charge in [-0.1, -0.05) is 30.3 Å². The number of aliphatic hydroxyl groups excluding tert-OH is 1. The summed E-state index contributed by atoms with van der Waals surface area (Å²) in [5, 5.41) is 8.88. The Hall–Kier alpha value is -1.19. The Labute approximate surface area is 116 Å². The van der Waals surface area contributed by atoms with Gasteiger partial charge >= 0.3 is 0 Å². The maximum Gasteiger partial charge on any atom is 0.162 e. The maximum absolute atomic E-state index is 12.0. The average molecular weight is 263 g/mol. The van der Waals surface area contributed by atoms with Crippen LogP contribution in [0.4, 0.5) is 0 Å². The minimum atomic E-state index is 0.214. The van der Waals surface area contributed by atoms with Crippen molar-refractivity contribution in [3.8, 4) is 0 Å². The number of benzene rings is 1. The molecule has 19 heavy (non-hydrogen) atoms. The fourth-order valence-electron chi connectivity index (χ4n) is 2.11. The van der Waals surface area contributed by atoms with Crippen LogP contribution in [0.1, 0.15) is 43.5 Å². The van der Waals surface area contributed by atoms with Crippen molar-refractivity contribution in [2.24, 2.45) is 0 Å². The molecular formula is C16H25NO2. The molecule has 0 aliphatic rings. The zero-order valence-corrected chi connectivity index (χ0v) is 12.0. The summed E-state index contributed by atoms with van der Waals surface area (Å²) in [6.45, 7) is 6.34. The molecule has 0 fully saturated rings. The summed E-state index contributed by atoms with van der Waals surface area (Å²) in [7, 11) is 0. The summed E-state index contributed by atoms with van der Waals surface area (Å²) in [6, 6.07) is 9.91. The van der Waals surface area contributed by atoms with Gasteiger partial charge in [0, 0.05) is 31.2 Å². The monoisotopic (exact) mass is 263 g/mol. The Morgan fingerprint density at radius 3 is 2.37 bits per heavy atom. The molecule has 3 heteroatoms. The smallest absolute Gasteiger partial charge is 0.162 e. The molecule has 1 N–H and O–H groups in total. The summed E-state index contributed by atoms with van der Waals surface area (Å²) >= 11 is 0. The fraction of sp³-hybridized carbons (Fsp3) is 0.562.